The fourth-order valence-electron chi connectivity index (χ4n) is 7.06. The highest BCUT2D eigenvalue weighted by Crippen LogP contribution is 2.41. The van der Waals surface area contributed by atoms with Crippen LogP contribution in [0.15, 0.2) is 84.9 Å². The van der Waals surface area contributed by atoms with Crippen LogP contribution in [0.5, 0.6) is 57.5 Å². The van der Waals surface area contributed by atoms with E-state index in [-0.39, 0.29) is 0 Å². The van der Waals surface area contributed by atoms with Gasteiger partial charge in [-0.3, -0.25) is 0 Å². The third-order valence-corrected chi connectivity index (χ3v) is 9.44. The second-order valence-corrected chi connectivity index (χ2v) is 14.6. The van der Waals surface area contributed by atoms with Gasteiger partial charge in [-0.15, -0.1) is 0 Å². The molecule has 0 aliphatic carbocycles. The van der Waals surface area contributed by atoms with Crippen molar-refractivity contribution >= 4 is 0 Å². The highest BCUT2D eigenvalue weighted by Gasteiger charge is 2.17. The molecule has 6 rings (SSSR count). The molecule has 0 aliphatic rings. The van der Waals surface area contributed by atoms with E-state index in [0.29, 0.717) is 0 Å². The molecule has 0 amide bonds. The quantitative estimate of drug-likeness (QED) is 0.142. The van der Waals surface area contributed by atoms with Crippen LogP contribution < -0.4 is 23.7 Å². The van der Waals surface area contributed by atoms with Gasteiger partial charge in [-0.1, -0.05) is 24.3 Å². The summed E-state index contributed by atoms with van der Waals surface area (Å²) in [5.74, 6) is 8.10. The van der Waals surface area contributed by atoms with Crippen molar-refractivity contribution in [2.45, 2.75) is 83.1 Å². The van der Waals surface area contributed by atoms with Crippen LogP contribution in [0.3, 0.4) is 0 Å². The van der Waals surface area contributed by atoms with Crippen molar-refractivity contribution in [1.82, 2.24) is 0 Å². The van der Waals surface area contributed by atoms with Crippen LogP contribution in [-0.2, 0) is 0 Å². The smallest absolute Gasteiger partial charge is 0.133 e. The first-order chi connectivity index (χ1) is 25.1. The van der Waals surface area contributed by atoms with Gasteiger partial charge in [0.2, 0.25) is 0 Å². The number of para-hydroxylation sites is 1. The predicted molar refractivity (Wildman–Crippen MR) is 216 cm³/mol. The summed E-state index contributed by atoms with van der Waals surface area (Å²) in [5.41, 5.74) is 12.5. The summed E-state index contributed by atoms with van der Waals surface area (Å²) >= 11 is 0. The van der Waals surface area contributed by atoms with Crippen molar-refractivity contribution in [3.63, 3.8) is 0 Å². The molecule has 0 heterocycles. The zero-order valence-electron chi connectivity index (χ0n) is 33.1. The van der Waals surface area contributed by atoms with Gasteiger partial charge < -0.3 is 23.7 Å². The second-order valence-electron chi connectivity index (χ2n) is 14.6. The molecule has 272 valence electrons. The van der Waals surface area contributed by atoms with Gasteiger partial charge in [0, 0.05) is 0 Å². The summed E-state index contributed by atoms with van der Waals surface area (Å²) in [6.07, 6.45) is 0. The lowest BCUT2D eigenvalue weighted by Gasteiger charge is -2.19. The Bertz CT molecular complexity index is 2220. The molecule has 0 saturated heterocycles. The van der Waals surface area contributed by atoms with E-state index < -0.39 is 0 Å². The van der Waals surface area contributed by atoms with Crippen LogP contribution in [0.4, 0.5) is 0 Å². The molecule has 0 atom stereocenters. The molecule has 0 spiro atoms. The fraction of sp³-hybridized carbons (Fsp3) is 0.250. The molecule has 53 heavy (non-hydrogen) atoms. The summed E-state index contributed by atoms with van der Waals surface area (Å²) in [6, 6.07) is 28.7. The molecule has 0 N–H and O–H groups in total. The first-order valence-electron chi connectivity index (χ1n) is 18.1. The van der Waals surface area contributed by atoms with Gasteiger partial charge in [-0.25, -0.2) is 0 Å². The molecule has 5 nitrogen and oxygen atoms in total. The van der Waals surface area contributed by atoms with E-state index in [1.165, 1.54) is 11.1 Å². The van der Waals surface area contributed by atoms with Crippen molar-refractivity contribution in [3.8, 4) is 57.5 Å². The average molecular weight is 707 g/mol. The van der Waals surface area contributed by atoms with E-state index in [1.807, 2.05) is 96.1 Å². The Balaban J connectivity index is 1.17. The Morgan fingerprint density at radius 1 is 0.245 bits per heavy atom. The predicted octanol–water partition coefficient (Wildman–Crippen LogP) is 14.3. The molecule has 0 radical (unpaired) electrons. The number of aryl methyl sites for hydroxylation is 12. The fourth-order valence-corrected chi connectivity index (χ4v) is 7.06. The maximum atomic E-state index is 6.53. The Morgan fingerprint density at radius 3 is 0.698 bits per heavy atom. The van der Waals surface area contributed by atoms with Crippen molar-refractivity contribution in [2.24, 2.45) is 0 Å². The van der Waals surface area contributed by atoms with E-state index in [9.17, 15) is 0 Å². The van der Waals surface area contributed by atoms with Crippen molar-refractivity contribution < 1.29 is 23.7 Å². The molecule has 6 aromatic carbocycles. The van der Waals surface area contributed by atoms with E-state index >= 15 is 0 Å². The van der Waals surface area contributed by atoms with Crippen LogP contribution >= 0.6 is 0 Å². The number of ether oxygens (including phenoxy) is 5. The summed E-state index contributed by atoms with van der Waals surface area (Å²) in [4.78, 5) is 0. The van der Waals surface area contributed by atoms with Crippen LogP contribution in [-0.4, -0.2) is 0 Å². The zero-order valence-corrected chi connectivity index (χ0v) is 33.1. The molecule has 0 aliphatic heterocycles. The van der Waals surface area contributed by atoms with Crippen LogP contribution in [0.1, 0.15) is 66.8 Å². The lowest BCUT2D eigenvalue weighted by molar-refractivity contribution is 0.449. The molecule has 0 bridgehead atoms. The molecule has 0 aromatic heterocycles. The topological polar surface area (TPSA) is 46.2 Å². The number of rotatable bonds is 10. The van der Waals surface area contributed by atoms with Gasteiger partial charge in [0.05, 0.1) is 0 Å². The number of hydrogen-bond acceptors (Lipinski definition) is 5. The number of hydrogen-bond donors (Lipinski definition) is 0. The molecular formula is C48H50O5. The highest BCUT2D eigenvalue weighted by atomic mass is 16.5. The normalized spacial score (nSPS) is 11.0. The molecule has 5 heteroatoms. The van der Waals surface area contributed by atoms with Gasteiger partial charge in [-0.2, -0.15) is 0 Å². The standard InChI is InChI=1S/C48H50O5/c1-27-16-28(2)18-39(17-27)49-45-31(5)21-41(22-32(45)6)51-47-35(9)25-43(26-36(47)10)53-48-37(11)23-42(24-38(48)12)52-46-33(7)19-40(20-34(46)8)50-44-29(3)14-13-15-30(44)4/h13-26H,1-12H3. The Labute approximate surface area is 315 Å². The van der Waals surface area contributed by atoms with Crippen LogP contribution in [0.2, 0.25) is 0 Å². The summed E-state index contributed by atoms with van der Waals surface area (Å²) in [5, 5.41) is 0. The van der Waals surface area contributed by atoms with Gasteiger partial charge in [0.25, 0.3) is 0 Å². The van der Waals surface area contributed by atoms with Gasteiger partial charge in [0.1, 0.15) is 57.5 Å². The molecular weight excluding hydrogens is 657 g/mol. The Morgan fingerprint density at radius 2 is 0.453 bits per heavy atom. The minimum absolute atomic E-state index is 0.753. The highest BCUT2D eigenvalue weighted by molar-refractivity contribution is 5.56. The summed E-state index contributed by atoms with van der Waals surface area (Å²) in [7, 11) is 0. The third kappa shape index (κ3) is 8.36. The maximum absolute atomic E-state index is 6.53. The largest absolute Gasteiger partial charge is 0.457 e. The maximum Gasteiger partial charge on any atom is 0.133 e. The van der Waals surface area contributed by atoms with Crippen molar-refractivity contribution in [3.05, 3.63) is 152 Å². The number of benzene rings is 6. The third-order valence-electron chi connectivity index (χ3n) is 9.44. The van der Waals surface area contributed by atoms with Crippen LogP contribution in [0.25, 0.3) is 0 Å². The molecule has 0 unspecified atom stereocenters. The van der Waals surface area contributed by atoms with E-state index in [1.54, 1.807) is 0 Å². The first kappa shape index (κ1) is 37.1. The zero-order chi connectivity index (χ0) is 38.1. The van der Waals surface area contributed by atoms with E-state index in [2.05, 4.69) is 71.9 Å². The second kappa shape index (κ2) is 15.1. The minimum atomic E-state index is 0.753. The summed E-state index contributed by atoms with van der Waals surface area (Å²) in [6.45, 7) is 24.7. The van der Waals surface area contributed by atoms with Gasteiger partial charge >= 0.3 is 0 Å². The molecule has 6 aromatic rings. The van der Waals surface area contributed by atoms with Crippen molar-refractivity contribution in [1.29, 1.82) is 0 Å². The molecule has 0 fully saturated rings. The lowest BCUT2D eigenvalue weighted by Crippen LogP contribution is -1.98. The van der Waals surface area contributed by atoms with Gasteiger partial charge in [0.15, 0.2) is 0 Å². The monoisotopic (exact) mass is 706 g/mol. The molecule has 0 saturated carbocycles. The van der Waals surface area contributed by atoms with Crippen LogP contribution in [0, 0.1) is 83.1 Å². The van der Waals surface area contributed by atoms with E-state index in [4.69, 9.17) is 23.7 Å². The SMILES string of the molecule is Cc1cc(C)cc(Oc2c(C)cc(Oc3c(C)cc(Oc4c(C)cc(Oc5c(C)cc(Oc6c(C)cccc6C)cc5C)cc4C)cc3C)cc2C)c1. The van der Waals surface area contributed by atoms with Crippen molar-refractivity contribution in [2.75, 3.05) is 0 Å². The van der Waals surface area contributed by atoms with Gasteiger partial charge in [-0.05, 0) is 211 Å². The van der Waals surface area contributed by atoms with E-state index in [0.717, 1.165) is 113 Å². The average Bonchev–Trinajstić information content (AvgIpc) is 3.06. The minimum Gasteiger partial charge on any atom is -0.457 e. The Hall–Kier alpha value is -5.68. The first-order valence-corrected chi connectivity index (χ1v) is 18.1. The Kier molecular flexibility index (Phi) is 10.6. The summed E-state index contributed by atoms with van der Waals surface area (Å²) < 4.78 is 32.2. The lowest BCUT2D eigenvalue weighted by atomic mass is 10.1.